The number of para-hydroxylation sites is 1. The number of ether oxygens (including phenoxy) is 1. The molecule has 0 fully saturated rings. The van der Waals surface area contributed by atoms with E-state index in [0.717, 1.165) is 23.7 Å². The first kappa shape index (κ1) is 17.5. The van der Waals surface area contributed by atoms with Gasteiger partial charge in [-0.15, -0.1) is 0 Å². The molecule has 0 spiro atoms. The molecule has 0 aliphatic carbocycles. The van der Waals surface area contributed by atoms with Crippen LogP contribution in [0.5, 0.6) is 5.75 Å². The number of methoxy groups -OCH3 is 1. The van der Waals surface area contributed by atoms with Crippen LogP contribution >= 0.6 is 0 Å². The number of hydrogen-bond donors (Lipinski definition) is 1. The molecule has 1 aromatic heterocycles. The Morgan fingerprint density at radius 2 is 1.77 bits per heavy atom. The number of anilines is 3. The van der Waals surface area contributed by atoms with Crippen molar-refractivity contribution in [3.05, 3.63) is 78.6 Å². The number of benzene rings is 2. The van der Waals surface area contributed by atoms with Gasteiger partial charge in [-0.2, -0.15) is 0 Å². The lowest BCUT2D eigenvalue weighted by Gasteiger charge is -2.23. The third-order valence-electron chi connectivity index (χ3n) is 4.02. The summed E-state index contributed by atoms with van der Waals surface area (Å²) in [6.07, 6.45) is 1.66. The second kappa shape index (κ2) is 8.16. The normalized spacial score (nSPS) is 10.2. The Bertz CT molecular complexity index is 864. The van der Waals surface area contributed by atoms with E-state index in [-0.39, 0.29) is 5.91 Å². The minimum absolute atomic E-state index is 0.249. The van der Waals surface area contributed by atoms with Gasteiger partial charge in [0.05, 0.1) is 7.11 Å². The van der Waals surface area contributed by atoms with E-state index in [1.165, 1.54) is 0 Å². The Labute approximate surface area is 153 Å². The van der Waals surface area contributed by atoms with Crippen LogP contribution < -0.4 is 15.0 Å². The Balaban J connectivity index is 1.80. The highest BCUT2D eigenvalue weighted by molar-refractivity contribution is 6.03. The molecule has 0 unspecified atom stereocenters. The number of rotatable bonds is 6. The van der Waals surface area contributed by atoms with Crippen LogP contribution in [0.15, 0.2) is 72.9 Å². The number of hydrogen-bond acceptors (Lipinski definition) is 4. The fourth-order valence-electron chi connectivity index (χ4n) is 2.70. The van der Waals surface area contributed by atoms with E-state index in [9.17, 15) is 4.79 Å². The highest BCUT2D eigenvalue weighted by atomic mass is 16.5. The maximum absolute atomic E-state index is 12.5. The second-order valence-corrected chi connectivity index (χ2v) is 5.66. The summed E-state index contributed by atoms with van der Waals surface area (Å²) in [4.78, 5) is 18.9. The Kier molecular flexibility index (Phi) is 5.49. The molecule has 132 valence electrons. The molecule has 1 amide bonds. The van der Waals surface area contributed by atoms with Crippen molar-refractivity contribution in [2.75, 3.05) is 23.9 Å². The van der Waals surface area contributed by atoms with Crippen molar-refractivity contribution in [3.63, 3.8) is 0 Å². The maximum atomic E-state index is 12.5. The Morgan fingerprint density at radius 1 is 1.04 bits per heavy atom. The van der Waals surface area contributed by atoms with Crippen molar-refractivity contribution in [1.29, 1.82) is 0 Å². The van der Waals surface area contributed by atoms with E-state index in [2.05, 4.69) is 22.1 Å². The van der Waals surface area contributed by atoms with Crippen LogP contribution in [0.3, 0.4) is 0 Å². The Morgan fingerprint density at radius 3 is 2.42 bits per heavy atom. The zero-order chi connectivity index (χ0) is 18.4. The fourth-order valence-corrected chi connectivity index (χ4v) is 2.70. The highest BCUT2D eigenvalue weighted by Gasteiger charge is 2.12. The standard InChI is InChI=1S/C21H21N3O2/c1-3-24(17-7-5-4-6-8-17)18-13-14-22-20(15-18)21(25)23-16-9-11-19(26-2)12-10-16/h4-15H,3H2,1-2H3,(H,23,25). The summed E-state index contributed by atoms with van der Waals surface area (Å²) in [5, 5.41) is 2.86. The van der Waals surface area contributed by atoms with E-state index in [1.807, 2.05) is 36.4 Å². The van der Waals surface area contributed by atoms with Gasteiger partial charge in [-0.1, -0.05) is 18.2 Å². The van der Waals surface area contributed by atoms with Gasteiger partial charge in [-0.05, 0) is 55.5 Å². The smallest absolute Gasteiger partial charge is 0.274 e. The van der Waals surface area contributed by atoms with Crippen LogP contribution in [-0.4, -0.2) is 24.5 Å². The Hall–Kier alpha value is -3.34. The molecule has 26 heavy (non-hydrogen) atoms. The maximum Gasteiger partial charge on any atom is 0.274 e. The molecule has 0 saturated carbocycles. The molecule has 1 N–H and O–H groups in total. The summed E-state index contributed by atoms with van der Waals surface area (Å²) < 4.78 is 5.12. The first-order valence-electron chi connectivity index (χ1n) is 8.45. The number of carbonyl (C=O) groups excluding carboxylic acids is 1. The SMILES string of the molecule is CCN(c1ccccc1)c1ccnc(C(=O)Nc2ccc(OC)cc2)c1. The van der Waals surface area contributed by atoms with E-state index in [4.69, 9.17) is 4.74 Å². The molecule has 0 aliphatic rings. The molecule has 0 aliphatic heterocycles. The van der Waals surface area contributed by atoms with Crippen LogP contribution in [0.4, 0.5) is 17.1 Å². The van der Waals surface area contributed by atoms with E-state index in [0.29, 0.717) is 11.4 Å². The van der Waals surface area contributed by atoms with Gasteiger partial charge in [0.1, 0.15) is 11.4 Å². The van der Waals surface area contributed by atoms with Gasteiger partial charge in [0.15, 0.2) is 0 Å². The van der Waals surface area contributed by atoms with Gasteiger partial charge in [0.2, 0.25) is 0 Å². The van der Waals surface area contributed by atoms with E-state index in [1.54, 1.807) is 43.6 Å². The minimum Gasteiger partial charge on any atom is -0.497 e. The quantitative estimate of drug-likeness (QED) is 0.713. The van der Waals surface area contributed by atoms with Crippen molar-refractivity contribution in [2.24, 2.45) is 0 Å². The van der Waals surface area contributed by atoms with Crippen molar-refractivity contribution in [1.82, 2.24) is 4.98 Å². The monoisotopic (exact) mass is 347 g/mol. The number of pyridine rings is 1. The van der Waals surface area contributed by atoms with Crippen molar-refractivity contribution in [3.8, 4) is 5.75 Å². The van der Waals surface area contributed by atoms with Gasteiger partial charge in [-0.3, -0.25) is 9.78 Å². The molecule has 3 rings (SSSR count). The number of aromatic nitrogens is 1. The lowest BCUT2D eigenvalue weighted by atomic mass is 10.2. The number of amides is 1. The first-order valence-corrected chi connectivity index (χ1v) is 8.45. The molecule has 2 aromatic carbocycles. The van der Waals surface area contributed by atoms with Gasteiger partial charge in [0, 0.05) is 29.8 Å². The second-order valence-electron chi connectivity index (χ2n) is 5.66. The summed E-state index contributed by atoms with van der Waals surface area (Å²) >= 11 is 0. The molecular weight excluding hydrogens is 326 g/mol. The van der Waals surface area contributed by atoms with E-state index < -0.39 is 0 Å². The summed E-state index contributed by atoms with van der Waals surface area (Å²) in [5.74, 6) is 0.491. The lowest BCUT2D eigenvalue weighted by molar-refractivity contribution is 0.102. The molecule has 5 heteroatoms. The van der Waals surface area contributed by atoms with Crippen molar-refractivity contribution in [2.45, 2.75) is 6.92 Å². The van der Waals surface area contributed by atoms with Crippen LogP contribution in [0.2, 0.25) is 0 Å². The topological polar surface area (TPSA) is 54.5 Å². The number of nitrogens with zero attached hydrogens (tertiary/aromatic N) is 2. The summed E-state index contributed by atoms with van der Waals surface area (Å²) in [5.41, 5.74) is 3.06. The zero-order valence-electron chi connectivity index (χ0n) is 14.8. The van der Waals surface area contributed by atoms with Crippen LogP contribution in [0.1, 0.15) is 17.4 Å². The van der Waals surface area contributed by atoms with Crippen LogP contribution in [0.25, 0.3) is 0 Å². The van der Waals surface area contributed by atoms with Crippen LogP contribution in [-0.2, 0) is 0 Å². The molecule has 3 aromatic rings. The molecule has 0 saturated heterocycles. The predicted molar refractivity (Wildman–Crippen MR) is 104 cm³/mol. The molecule has 0 bridgehead atoms. The van der Waals surface area contributed by atoms with Gasteiger partial charge in [0.25, 0.3) is 5.91 Å². The molecule has 0 atom stereocenters. The van der Waals surface area contributed by atoms with Crippen molar-refractivity contribution >= 4 is 23.0 Å². The average molecular weight is 347 g/mol. The van der Waals surface area contributed by atoms with E-state index >= 15 is 0 Å². The number of nitrogens with one attached hydrogen (secondary N) is 1. The molecule has 5 nitrogen and oxygen atoms in total. The highest BCUT2D eigenvalue weighted by Crippen LogP contribution is 2.25. The lowest BCUT2D eigenvalue weighted by Crippen LogP contribution is -2.18. The zero-order valence-corrected chi connectivity index (χ0v) is 14.8. The molecule has 0 radical (unpaired) electrons. The summed E-state index contributed by atoms with van der Waals surface area (Å²) in [6, 6.07) is 21.0. The number of carbonyl (C=O) groups is 1. The van der Waals surface area contributed by atoms with Gasteiger partial charge >= 0.3 is 0 Å². The molecular formula is C21H21N3O2. The third-order valence-corrected chi connectivity index (χ3v) is 4.02. The minimum atomic E-state index is -0.249. The van der Waals surface area contributed by atoms with Crippen molar-refractivity contribution < 1.29 is 9.53 Å². The largest absolute Gasteiger partial charge is 0.497 e. The first-order chi connectivity index (χ1) is 12.7. The fraction of sp³-hybridized carbons (Fsp3) is 0.143. The van der Waals surface area contributed by atoms with Gasteiger partial charge < -0.3 is 15.0 Å². The predicted octanol–water partition coefficient (Wildman–Crippen LogP) is 4.50. The average Bonchev–Trinajstić information content (AvgIpc) is 2.70. The summed E-state index contributed by atoms with van der Waals surface area (Å²) in [7, 11) is 1.61. The van der Waals surface area contributed by atoms with Crippen LogP contribution in [0, 0.1) is 0 Å². The molecule has 1 heterocycles. The summed E-state index contributed by atoms with van der Waals surface area (Å²) in [6.45, 7) is 2.86. The van der Waals surface area contributed by atoms with Gasteiger partial charge in [-0.25, -0.2) is 0 Å². The third kappa shape index (κ3) is 4.00.